The van der Waals surface area contributed by atoms with Crippen molar-refractivity contribution in [1.82, 2.24) is 9.80 Å². The van der Waals surface area contributed by atoms with E-state index in [2.05, 4.69) is 49.8 Å². The van der Waals surface area contributed by atoms with Gasteiger partial charge in [-0.2, -0.15) is 0 Å². The molecule has 4 nitrogen and oxygen atoms in total. The van der Waals surface area contributed by atoms with E-state index in [-0.39, 0.29) is 0 Å². The number of allylic oxidation sites excluding steroid dienone is 4. The van der Waals surface area contributed by atoms with Gasteiger partial charge in [-0.25, -0.2) is 0 Å². The normalized spacial score (nSPS) is 18.9. The SMILES string of the molecule is CCCCCCCCN(C)CCCC.C\C=C(C)/C(=C\C=C\C1CC(CCCCC)N(CC=O)C1)OC. The van der Waals surface area contributed by atoms with E-state index in [1.807, 2.05) is 26.0 Å². The summed E-state index contributed by atoms with van der Waals surface area (Å²) >= 11 is 0. The molecule has 1 heterocycles. The van der Waals surface area contributed by atoms with Gasteiger partial charge in [0.1, 0.15) is 12.0 Å². The van der Waals surface area contributed by atoms with Gasteiger partial charge in [0, 0.05) is 12.6 Å². The maximum atomic E-state index is 10.9. The fraction of sp³-hybridized carbons (Fsp3) is 0.788. The smallest absolute Gasteiger partial charge is 0.133 e. The van der Waals surface area contributed by atoms with Gasteiger partial charge in [0.05, 0.1) is 13.7 Å². The van der Waals surface area contributed by atoms with Gasteiger partial charge in [0.15, 0.2) is 0 Å². The average molecular weight is 519 g/mol. The molecule has 0 saturated carbocycles. The molecule has 0 aromatic heterocycles. The Morgan fingerprint density at radius 1 is 0.946 bits per heavy atom. The molecule has 1 rings (SSSR count). The number of likely N-dealkylation sites (tertiary alicyclic amines) is 1. The van der Waals surface area contributed by atoms with E-state index >= 15 is 0 Å². The molecule has 0 aromatic rings. The Balaban J connectivity index is 0.000000795. The number of carbonyl (C=O) groups excluding carboxylic acids is 1. The van der Waals surface area contributed by atoms with Gasteiger partial charge < -0.3 is 14.4 Å². The van der Waals surface area contributed by atoms with E-state index in [0.717, 1.165) is 30.6 Å². The summed E-state index contributed by atoms with van der Waals surface area (Å²) in [6, 6.07) is 0.560. The van der Waals surface area contributed by atoms with Crippen molar-refractivity contribution in [3.63, 3.8) is 0 Å². The summed E-state index contributed by atoms with van der Waals surface area (Å²) in [7, 11) is 3.96. The van der Waals surface area contributed by atoms with Crippen LogP contribution in [0.15, 0.2) is 35.6 Å². The third-order valence-corrected chi connectivity index (χ3v) is 7.47. The molecule has 2 atom stereocenters. The molecule has 37 heavy (non-hydrogen) atoms. The fourth-order valence-electron chi connectivity index (χ4n) is 4.92. The minimum Gasteiger partial charge on any atom is -0.497 e. The predicted molar refractivity (Wildman–Crippen MR) is 163 cm³/mol. The van der Waals surface area contributed by atoms with Gasteiger partial charge in [-0.1, -0.05) is 96.8 Å². The summed E-state index contributed by atoms with van der Waals surface area (Å²) in [5.74, 6) is 1.44. The van der Waals surface area contributed by atoms with Crippen molar-refractivity contribution in [2.24, 2.45) is 5.92 Å². The molecule has 0 bridgehead atoms. The maximum absolute atomic E-state index is 10.9. The molecule has 0 spiro atoms. The number of aldehydes is 1. The van der Waals surface area contributed by atoms with E-state index in [1.54, 1.807) is 7.11 Å². The van der Waals surface area contributed by atoms with E-state index in [1.165, 1.54) is 90.1 Å². The van der Waals surface area contributed by atoms with Crippen LogP contribution in [-0.4, -0.2) is 62.5 Å². The van der Waals surface area contributed by atoms with Gasteiger partial charge in [-0.3, -0.25) is 4.90 Å². The van der Waals surface area contributed by atoms with Gasteiger partial charge >= 0.3 is 0 Å². The third-order valence-electron chi connectivity index (χ3n) is 7.47. The van der Waals surface area contributed by atoms with Crippen LogP contribution in [0.5, 0.6) is 0 Å². The summed E-state index contributed by atoms with van der Waals surface area (Å²) in [5, 5.41) is 0. The van der Waals surface area contributed by atoms with E-state index in [4.69, 9.17) is 4.74 Å². The lowest BCUT2D eigenvalue weighted by atomic mass is 10.0. The van der Waals surface area contributed by atoms with Crippen molar-refractivity contribution in [3.05, 3.63) is 35.6 Å². The van der Waals surface area contributed by atoms with Crippen molar-refractivity contribution >= 4 is 6.29 Å². The summed E-state index contributed by atoms with van der Waals surface area (Å²) in [4.78, 5) is 15.7. The Morgan fingerprint density at radius 3 is 2.19 bits per heavy atom. The number of carbonyl (C=O) groups is 1. The highest BCUT2D eigenvalue weighted by molar-refractivity contribution is 5.52. The van der Waals surface area contributed by atoms with E-state index < -0.39 is 0 Å². The first kappa shape index (κ1) is 35.6. The highest BCUT2D eigenvalue weighted by atomic mass is 16.5. The lowest BCUT2D eigenvalue weighted by Crippen LogP contribution is -2.31. The Kier molecular flexibility index (Phi) is 24.0. The van der Waals surface area contributed by atoms with Crippen LogP contribution >= 0.6 is 0 Å². The second kappa shape index (κ2) is 24.9. The van der Waals surface area contributed by atoms with Crippen LogP contribution in [0.2, 0.25) is 0 Å². The van der Waals surface area contributed by atoms with Gasteiger partial charge in [0.25, 0.3) is 0 Å². The third kappa shape index (κ3) is 18.5. The first-order valence-electron chi connectivity index (χ1n) is 15.4. The van der Waals surface area contributed by atoms with Crippen LogP contribution in [0.4, 0.5) is 0 Å². The summed E-state index contributed by atoms with van der Waals surface area (Å²) in [5.41, 5.74) is 1.14. The highest BCUT2D eigenvalue weighted by Gasteiger charge is 2.29. The van der Waals surface area contributed by atoms with Crippen LogP contribution in [-0.2, 0) is 9.53 Å². The van der Waals surface area contributed by atoms with Crippen LogP contribution in [0.3, 0.4) is 0 Å². The average Bonchev–Trinajstić information content (AvgIpc) is 3.29. The summed E-state index contributed by atoms with van der Waals surface area (Å²) < 4.78 is 5.40. The van der Waals surface area contributed by atoms with Crippen LogP contribution in [0, 0.1) is 5.92 Å². The molecule has 1 fully saturated rings. The number of unbranched alkanes of at least 4 members (excludes halogenated alkanes) is 8. The molecular weight excluding hydrogens is 456 g/mol. The molecule has 0 radical (unpaired) electrons. The molecule has 1 saturated heterocycles. The quantitative estimate of drug-likeness (QED) is 0.0699. The molecule has 1 aliphatic heterocycles. The number of ether oxygens (including phenoxy) is 1. The second-order valence-electron chi connectivity index (χ2n) is 10.8. The van der Waals surface area contributed by atoms with Gasteiger partial charge in [0.2, 0.25) is 0 Å². The monoisotopic (exact) mass is 518 g/mol. The minimum atomic E-state index is 0.529. The molecule has 216 valence electrons. The van der Waals surface area contributed by atoms with Gasteiger partial charge in [-0.05, 0) is 77.2 Å². The van der Waals surface area contributed by atoms with Crippen molar-refractivity contribution < 1.29 is 9.53 Å². The molecule has 1 aliphatic rings. The zero-order valence-electron chi connectivity index (χ0n) is 25.8. The molecule has 0 amide bonds. The standard InChI is InChI=1S/C20H33NO2.C13H29N/c1-5-7-8-11-19-15-18(16-21(19)13-14-22)10-9-12-20(23-4)17(3)6-2;1-4-6-8-9-10-11-13-14(3)12-7-5-2/h6,9-10,12,14,18-19H,5,7-8,11,13,15-16H2,1-4H3;4-13H2,1-3H3/b10-9+,17-6-,20-12+;. The Hall–Kier alpha value is -1.39. The lowest BCUT2D eigenvalue weighted by Gasteiger charge is -2.21. The van der Waals surface area contributed by atoms with E-state index in [0.29, 0.717) is 18.5 Å². The minimum absolute atomic E-state index is 0.529. The number of rotatable bonds is 20. The number of hydrogen-bond donors (Lipinski definition) is 0. The molecular formula is C33H62N2O2. The molecule has 0 aromatic carbocycles. The Bertz CT molecular complexity index is 626. The lowest BCUT2D eigenvalue weighted by molar-refractivity contribution is -0.109. The van der Waals surface area contributed by atoms with Crippen molar-refractivity contribution in [2.45, 2.75) is 124 Å². The largest absolute Gasteiger partial charge is 0.497 e. The number of nitrogens with zero attached hydrogens (tertiary/aromatic N) is 2. The first-order valence-corrected chi connectivity index (χ1v) is 15.4. The second-order valence-corrected chi connectivity index (χ2v) is 10.8. The van der Waals surface area contributed by atoms with Crippen molar-refractivity contribution in [2.75, 3.05) is 40.3 Å². The summed E-state index contributed by atoms with van der Waals surface area (Å²) in [6.07, 6.45) is 26.8. The molecule has 0 N–H and O–H groups in total. The first-order chi connectivity index (χ1) is 18.0. The van der Waals surface area contributed by atoms with Crippen LogP contribution in [0.1, 0.15) is 118 Å². The van der Waals surface area contributed by atoms with Crippen LogP contribution in [0.25, 0.3) is 0 Å². The highest BCUT2D eigenvalue weighted by Crippen LogP contribution is 2.27. The molecule has 2 unspecified atom stereocenters. The van der Waals surface area contributed by atoms with E-state index in [9.17, 15) is 4.79 Å². The van der Waals surface area contributed by atoms with Crippen molar-refractivity contribution in [3.8, 4) is 0 Å². The van der Waals surface area contributed by atoms with Crippen LogP contribution < -0.4 is 0 Å². The number of methoxy groups -OCH3 is 1. The molecule has 4 heteroatoms. The predicted octanol–water partition coefficient (Wildman–Crippen LogP) is 8.59. The zero-order valence-corrected chi connectivity index (χ0v) is 25.8. The molecule has 0 aliphatic carbocycles. The summed E-state index contributed by atoms with van der Waals surface area (Å²) in [6.45, 7) is 15.0. The maximum Gasteiger partial charge on any atom is 0.133 e. The fourth-order valence-corrected chi connectivity index (χ4v) is 4.92. The Morgan fingerprint density at radius 2 is 1.57 bits per heavy atom. The van der Waals surface area contributed by atoms with Gasteiger partial charge in [-0.15, -0.1) is 0 Å². The zero-order chi connectivity index (χ0) is 27.7. The van der Waals surface area contributed by atoms with Crippen molar-refractivity contribution in [1.29, 1.82) is 0 Å². The number of hydrogen-bond acceptors (Lipinski definition) is 4. The topological polar surface area (TPSA) is 32.8 Å². The Labute approximate surface area is 231 Å².